The number of rotatable bonds is 4. The van der Waals surface area contributed by atoms with Crippen LogP contribution in [0.2, 0.25) is 0 Å². The van der Waals surface area contributed by atoms with Gasteiger partial charge >= 0.3 is 122 Å². The Hall–Kier alpha value is -0.406. The van der Waals surface area contributed by atoms with Crippen LogP contribution in [0, 0.1) is 0 Å². The molecular formula is C16H26N2Ti. The van der Waals surface area contributed by atoms with Crippen molar-refractivity contribution >= 4 is 0 Å². The topological polar surface area (TPSA) is 6.48 Å². The first-order chi connectivity index (χ1) is 8.92. The Balaban J connectivity index is 2.63. The molecule has 19 heavy (non-hydrogen) atoms. The second-order valence-electron chi connectivity index (χ2n) is 6.00. The van der Waals surface area contributed by atoms with Gasteiger partial charge in [0.25, 0.3) is 0 Å². The molecule has 0 atom stereocenters. The second-order valence-corrected chi connectivity index (χ2v) is 12.8. The summed E-state index contributed by atoms with van der Waals surface area (Å²) in [7, 11) is 9.10. The maximum atomic E-state index is 2.55. The van der Waals surface area contributed by atoms with Gasteiger partial charge < -0.3 is 0 Å². The molecule has 0 spiro atoms. The fourth-order valence-electron chi connectivity index (χ4n) is 3.73. The van der Waals surface area contributed by atoms with Crippen LogP contribution in [0.1, 0.15) is 26.7 Å². The van der Waals surface area contributed by atoms with Crippen LogP contribution in [0.5, 0.6) is 0 Å². The molecule has 0 aromatic carbocycles. The molecule has 0 aromatic heterocycles. The molecule has 0 unspecified atom stereocenters. The zero-order chi connectivity index (χ0) is 14.2. The third-order valence-electron chi connectivity index (χ3n) is 4.47. The predicted molar refractivity (Wildman–Crippen MR) is 80.3 cm³/mol. The zero-order valence-electron chi connectivity index (χ0n) is 13.1. The van der Waals surface area contributed by atoms with Crippen molar-refractivity contribution in [2.24, 2.45) is 0 Å². The van der Waals surface area contributed by atoms with Crippen LogP contribution in [0.15, 0.2) is 43.2 Å². The van der Waals surface area contributed by atoms with Crippen molar-refractivity contribution in [1.29, 1.82) is 0 Å². The van der Waals surface area contributed by atoms with Crippen LogP contribution in [0.3, 0.4) is 0 Å². The molecule has 0 fully saturated rings. The molecule has 2 nitrogen and oxygen atoms in total. The van der Waals surface area contributed by atoms with E-state index < -0.39 is 17.1 Å². The number of nitrogens with zero attached hydrogens (tertiary/aromatic N) is 2. The van der Waals surface area contributed by atoms with Gasteiger partial charge in [-0.1, -0.05) is 0 Å². The molecule has 0 bridgehead atoms. The number of hydrogen-bond donors (Lipinski definition) is 0. The first kappa shape index (κ1) is 15.0. The van der Waals surface area contributed by atoms with E-state index in [1.165, 1.54) is 11.1 Å². The van der Waals surface area contributed by atoms with E-state index in [2.05, 4.69) is 73.1 Å². The van der Waals surface area contributed by atoms with Gasteiger partial charge in [-0.25, -0.2) is 0 Å². The van der Waals surface area contributed by atoms with E-state index in [1.807, 2.05) is 0 Å². The van der Waals surface area contributed by atoms with Gasteiger partial charge in [0.1, 0.15) is 0 Å². The van der Waals surface area contributed by atoms with Crippen LogP contribution in [0.4, 0.5) is 0 Å². The Morgan fingerprint density at radius 3 is 1.37 bits per heavy atom. The summed E-state index contributed by atoms with van der Waals surface area (Å²) in [5.74, 6) is 0. The SMILES string of the molecule is CC1=[C]([Ti]([C]2=C(C)C=CC2)([N](C)C)[N](C)C)CC=C1. The van der Waals surface area contributed by atoms with E-state index in [0.29, 0.717) is 0 Å². The molecule has 0 saturated heterocycles. The zero-order valence-corrected chi connectivity index (χ0v) is 14.7. The van der Waals surface area contributed by atoms with Gasteiger partial charge in [-0.2, -0.15) is 0 Å². The van der Waals surface area contributed by atoms with Gasteiger partial charge in [-0.15, -0.1) is 0 Å². The van der Waals surface area contributed by atoms with Crippen molar-refractivity contribution in [3.8, 4) is 0 Å². The predicted octanol–water partition coefficient (Wildman–Crippen LogP) is 3.56. The summed E-state index contributed by atoms with van der Waals surface area (Å²) in [6.07, 6.45) is 11.5. The van der Waals surface area contributed by atoms with E-state index in [1.54, 1.807) is 7.76 Å². The van der Waals surface area contributed by atoms with Gasteiger partial charge in [-0.3, -0.25) is 0 Å². The fraction of sp³-hybridized carbons (Fsp3) is 0.500. The second kappa shape index (κ2) is 5.53. The number of allylic oxidation sites excluding steroid dienone is 8. The van der Waals surface area contributed by atoms with Crippen molar-refractivity contribution in [2.75, 3.05) is 28.2 Å². The third-order valence-corrected chi connectivity index (χ3v) is 13.0. The van der Waals surface area contributed by atoms with Gasteiger partial charge in [0.05, 0.1) is 0 Å². The van der Waals surface area contributed by atoms with E-state index in [-0.39, 0.29) is 0 Å². The van der Waals surface area contributed by atoms with Crippen LogP contribution >= 0.6 is 0 Å². The Morgan fingerprint density at radius 2 is 1.16 bits per heavy atom. The molecule has 0 amide bonds. The Labute approximate surface area is 122 Å². The molecule has 104 valence electrons. The molecule has 2 aliphatic rings. The molecule has 0 saturated carbocycles. The monoisotopic (exact) mass is 294 g/mol. The minimum atomic E-state index is -2.54. The van der Waals surface area contributed by atoms with Crippen molar-refractivity contribution in [1.82, 2.24) is 6.76 Å². The van der Waals surface area contributed by atoms with E-state index in [0.717, 1.165) is 12.8 Å². The normalized spacial score (nSPS) is 19.8. The van der Waals surface area contributed by atoms with Gasteiger partial charge in [0.15, 0.2) is 0 Å². The van der Waals surface area contributed by atoms with Gasteiger partial charge in [0, 0.05) is 0 Å². The fourth-order valence-corrected chi connectivity index (χ4v) is 12.2. The van der Waals surface area contributed by atoms with E-state index in [9.17, 15) is 0 Å². The number of hydrogen-bond acceptors (Lipinski definition) is 2. The quantitative estimate of drug-likeness (QED) is 0.731. The van der Waals surface area contributed by atoms with Crippen LogP contribution in [0.25, 0.3) is 0 Å². The van der Waals surface area contributed by atoms with Crippen molar-refractivity contribution < 1.29 is 17.1 Å². The molecule has 2 rings (SSSR count). The average molecular weight is 294 g/mol. The molecule has 0 aliphatic heterocycles. The third kappa shape index (κ3) is 2.25. The summed E-state index contributed by atoms with van der Waals surface area (Å²) in [4.78, 5) is 0. The summed E-state index contributed by atoms with van der Waals surface area (Å²) < 4.78 is 8.51. The molecule has 0 aromatic rings. The summed E-state index contributed by atoms with van der Waals surface area (Å²) in [6, 6.07) is 0. The first-order valence-electron chi connectivity index (χ1n) is 7.00. The summed E-state index contributed by atoms with van der Waals surface area (Å²) in [5, 5.41) is 0. The van der Waals surface area contributed by atoms with Gasteiger partial charge in [-0.05, 0) is 0 Å². The molecule has 0 N–H and O–H groups in total. The van der Waals surface area contributed by atoms with Crippen molar-refractivity contribution in [2.45, 2.75) is 26.7 Å². The summed E-state index contributed by atoms with van der Waals surface area (Å²) >= 11 is -2.54. The molecular weight excluding hydrogens is 268 g/mol. The van der Waals surface area contributed by atoms with Crippen LogP contribution in [-0.4, -0.2) is 35.0 Å². The van der Waals surface area contributed by atoms with E-state index >= 15 is 0 Å². The van der Waals surface area contributed by atoms with Crippen LogP contribution in [-0.2, 0) is 17.1 Å². The first-order valence-corrected chi connectivity index (χ1v) is 9.96. The van der Waals surface area contributed by atoms with Crippen LogP contribution < -0.4 is 0 Å². The standard InChI is InChI=1S/2C6H7.2C2H6N.Ti/c2*1-6-4-2-3-5-6;2*1-3-2;/h2*2,4H,3H2,1H3;2*1-2H3;/q;;2*-1;+2. The Bertz CT molecular complexity index is 447. The Kier molecular flexibility index (Phi) is 4.36. The van der Waals surface area contributed by atoms with Crippen molar-refractivity contribution in [3.63, 3.8) is 0 Å². The molecule has 0 radical (unpaired) electrons. The minimum absolute atomic E-state index is 1.14. The van der Waals surface area contributed by atoms with Gasteiger partial charge in [0.2, 0.25) is 0 Å². The molecule has 2 aliphatic carbocycles. The Morgan fingerprint density at radius 1 is 0.789 bits per heavy atom. The average Bonchev–Trinajstić information content (AvgIpc) is 2.90. The maximum absolute atomic E-state index is 2.55. The van der Waals surface area contributed by atoms with E-state index in [4.69, 9.17) is 0 Å². The van der Waals surface area contributed by atoms with Crippen molar-refractivity contribution in [3.05, 3.63) is 43.2 Å². The molecule has 3 heteroatoms. The summed E-state index contributed by atoms with van der Waals surface area (Å²) in [6.45, 7) is 4.56. The summed E-state index contributed by atoms with van der Waals surface area (Å²) in [5.41, 5.74) is 2.99. The molecule has 0 heterocycles.